The highest BCUT2D eigenvalue weighted by molar-refractivity contribution is 6.08. The molecule has 0 saturated carbocycles. The molecule has 0 bridgehead atoms. The van der Waals surface area contributed by atoms with E-state index in [0.717, 1.165) is 11.3 Å². The molecule has 31 heavy (non-hydrogen) atoms. The summed E-state index contributed by atoms with van der Waals surface area (Å²) in [7, 11) is 1.60. The Bertz CT molecular complexity index is 1190. The number of nitrogens with zero attached hydrogens (tertiary/aromatic N) is 2. The average Bonchev–Trinajstić information content (AvgIpc) is 3.31. The van der Waals surface area contributed by atoms with Gasteiger partial charge in [-0.25, -0.2) is 0 Å². The third-order valence-corrected chi connectivity index (χ3v) is 4.58. The van der Waals surface area contributed by atoms with Crippen molar-refractivity contribution in [2.75, 3.05) is 19.0 Å². The lowest BCUT2D eigenvalue weighted by Gasteiger charge is -2.09. The van der Waals surface area contributed by atoms with E-state index in [1.165, 1.54) is 0 Å². The van der Waals surface area contributed by atoms with E-state index in [1.807, 2.05) is 49.4 Å². The van der Waals surface area contributed by atoms with E-state index in [1.54, 1.807) is 37.4 Å². The highest BCUT2D eigenvalue weighted by Crippen LogP contribution is 2.27. The molecule has 1 N–H and O–H groups in total. The number of anilines is 1. The van der Waals surface area contributed by atoms with E-state index in [2.05, 4.69) is 15.5 Å². The fourth-order valence-corrected chi connectivity index (χ4v) is 3.08. The van der Waals surface area contributed by atoms with Gasteiger partial charge in [0.2, 0.25) is 5.82 Å². The summed E-state index contributed by atoms with van der Waals surface area (Å²) in [6.07, 6.45) is 0. The van der Waals surface area contributed by atoms with Crippen molar-refractivity contribution in [1.29, 1.82) is 0 Å². The Morgan fingerprint density at radius 2 is 1.81 bits per heavy atom. The molecular formula is C24H21N3O4. The van der Waals surface area contributed by atoms with E-state index in [4.69, 9.17) is 14.0 Å². The maximum Gasteiger partial charge on any atom is 0.259 e. The number of nitrogens with one attached hydrogen (secondary N) is 1. The molecule has 0 radical (unpaired) electrons. The number of rotatable bonds is 7. The molecule has 7 nitrogen and oxygen atoms in total. The molecule has 0 spiro atoms. The molecule has 0 saturated heterocycles. The minimum atomic E-state index is -0.277. The van der Waals surface area contributed by atoms with Crippen LogP contribution >= 0.6 is 0 Å². The third kappa shape index (κ3) is 4.56. The summed E-state index contributed by atoms with van der Waals surface area (Å²) >= 11 is 0. The Morgan fingerprint density at radius 3 is 2.58 bits per heavy atom. The summed E-state index contributed by atoms with van der Waals surface area (Å²) in [5.74, 6) is 1.84. The van der Waals surface area contributed by atoms with Gasteiger partial charge in [-0.2, -0.15) is 4.98 Å². The van der Waals surface area contributed by atoms with Crippen molar-refractivity contribution in [2.24, 2.45) is 0 Å². The largest absolute Gasteiger partial charge is 0.497 e. The summed E-state index contributed by atoms with van der Waals surface area (Å²) in [5.41, 5.74) is 2.39. The van der Waals surface area contributed by atoms with Gasteiger partial charge in [-0.15, -0.1) is 0 Å². The second-order valence-corrected chi connectivity index (χ2v) is 6.61. The number of ether oxygens (including phenoxy) is 2. The van der Waals surface area contributed by atoms with Crippen LogP contribution in [0, 0.1) is 0 Å². The van der Waals surface area contributed by atoms with Crippen LogP contribution < -0.4 is 14.8 Å². The topological polar surface area (TPSA) is 86.5 Å². The van der Waals surface area contributed by atoms with Crippen molar-refractivity contribution in [3.8, 4) is 34.3 Å². The number of carbonyl (C=O) groups is 1. The lowest BCUT2D eigenvalue weighted by atomic mass is 10.1. The molecule has 3 aromatic carbocycles. The van der Waals surface area contributed by atoms with Gasteiger partial charge in [0.25, 0.3) is 11.8 Å². The number of carbonyl (C=O) groups excluding carboxylic acids is 1. The smallest absolute Gasteiger partial charge is 0.259 e. The Balaban J connectivity index is 1.58. The first-order valence-corrected chi connectivity index (χ1v) is 9.79. The van der Waals surface area contributed by atoms with Gasteiger partial charge in [-0.3, -0.25) is 4.79 Å². The third-order valence-electron chi connectivity index (χ3n) is 4.58. The molecule has 0 aliphatic carbocycles. The molecule has 156 valence electrons. The summed E-state index contributed by atoms with van der Waals surface area (Å²) < 4.78 is 16.1. The Labute approximate surface area is 179 Å². The van der Waals surface area contributed by atoms with Gasteiger partial charge in [0.15, 0.2) is 0 Å². The molecule has 4 aromatic rings. The maximum atomic E-state index is 12.9. The van der Waals surface area contributed by atoms with Gasteiger partial charge in [0, 0.05) is 11.3 Å². The Morgan fingerprint density at radius 1 is 1.00 bits per heavy atom. The minimum Gasteiger partial charge on any atom is -0.497 e. The van der Waals surface area contributed by atoms with E-state index < -0.39 is 0 Å². The monoisotopic (exact) mass is 415 g/mol. The van der Waals surface area contributed by atoms with Crippen molar-refractivity contribution >= 4 is 11.6 Å². The van der Waals surface area contributed by atoms with Gasteiger partial charge in [-0.1, -0.05) is 29.4 Å². The molecule has 4 rings (SSSR count). The number of amides is 1. The molecular weight excluding hydrogens is 394 g/mol. The van der Waals surface area contributed by atoms with Gasteiger partial charge in [-0.05, 0) is 55.5 Å². The predicted octanol–water partition coefficient (Wildman–Crippen LogP) is 5.06. The van der Waals surface area contributed by atoms with Crippen LogP contribution in [0.25, 0.3) is 22.8 Å². The summed E-state index contributed by atoms with van der Waals surface area (Å²) in [4.78, 5) is 17.4. The lowest BCUT2D eigenvalue weighted by molar-refractivity contribution is 0.102. The molecule has 1 heterocycles. The second kappa shape index (κ2) is 9.13. The van der Waals surface area contributed by atoms with Crippen LogP contribution in [0.15, 0.2) is 77.3 Å². The van der Waals surface area contributed by atoms with Gasteiger partial charge >= 0.3 is 0 Å². The summed E-state index contributed by atoms with van der Waals surface area (Å²) in [6, 6.07) is 21.7. The molecule has 0 unspecified atom stereocenters. The van der Waals surface area contributed by atoms with Crippen molar-refractivity contribution in [2.45, 2.75) is 6.92 Å². The molecule has 0 fully saturated rings. The molecule has 7 heteroatoms. The number of methoxy groups -OCH3 is 1. The van der Waals surface area contributed by atoms with Gasteiger partial charge < -0.3 is 19.3 Å². The maximum absolute atomic E-state index is 12.9. The fraction of sp³-hybridized carbons (Fsp3) is 0.125. The number of hydrogen-bond donors (Lipinski definition) is 1. The molecule has 0 aliphatic rings. The Kier molecular flexibility index (Phi) is 5.93. The second-order valence-electron chi connectivity index (χ2n) is 6.61. The first kappa shape index (κ1) is 20.2. The van der Waals surface area contributed by atoms with Crippen LogP contribution in [0.2, 0.25) is 0 Å². The molecule has 1 aromatic heterocycles. The predicted molar refractivity (Wildman–Crippen MR) is 117 cm³/mol. The van der Waals surface area contributed by atoms with Crippen molar-refractivity contribution in [3.05, 3.63) is 78.4 Å². The fourth-order valence-electron chi connectivity index (χ4n) is 3.08. The highest BCUT2D eigenvalue weighted by Gasteiger charge is 2.18. The van der Waals surface area contributed by atoms with Crippen LogP contribution in [0.1, 0.15) is 17.3 Å². The van der Waals surface area contributed by atoms with Gasteiger partial charge in [0.05, 0.1) is 24.8 Å². The zero-order valence-corrected chi connectivity index (χ0v) is 17.2. The summed E-state index contributed by atoms with van der Waals surface area (Å²) in [5, 5.41) is 6.95. The first-order chi connectivity index (χ1) is 15.2. The molecule has 1 amide bonds. The van der Waals surface area contributed by atoms with E-state index in [-0.39, 0.29) is 11.8 Å². The SMILES string of the molecule is CCOc1ccc(NC(=O)c2ccccc2-c2nc(-c3cccc(OC)c3)no2)cc1. The zero-order chi connectivity index (χ0) is 21.6. The number of benzene rings is 3. The van der Waals surface area contributed by atoms with Crippen LogP contribution in [0.5, 0.6) is 11.5 Å². The standard InChI is InChI=1S/C24H21N3O4/c1-3-30-18-13-11-17(12-14-18)25-23(28)20-9-4-5-10-21(20)24-26-22(27-31-24)16-7-6-8-19(15-16)29-2/h4-15H,3H2,1-2H3,(H,25,28). The Hall–Kier alpha value is -4.13. The molecule has 0 aliphatic heterocycles. The number of aromatic nitrogens is 2. The van der Waals surface area contributed by atoms with Crippen LogP contribution in [-0.4, -0.2) is 29.8 Å². The average molecular weight is 415 g/mol. The molecule has 0 atom stereocenters. The minimum absolute atomic E-state index is 0.260. The van der Waals surface area contributed by atoms with E-state index >= 15 is 0 Å². The van der Waals surface area contributed by atoms with Crippen LogP contribution in [0.4, 0.5) is 5.69 Å². The van der Waals surface area contributed by atoms with Crippen LogP contribution in [0.3, 0.4) is 0 Å². The zero-order valence-electron chi connectivity index (χ0n) is 17.2. The van der Waals surface area contributed by atoms with E-state index in [0.29, 0.717) is 35.0 Å². The van der Waals surface area contributed by atoms with Crippen molar-refractivity contribution in [3.63, 3.8) is 0 Å². The summed E-state index contributed by atoms with van der Waals surface area (Å²) in [6.45, 7) is 2.50. The van der Waals surface area contributed by atoms with E-state index in [9.17, 15) is 4.79 Å². The lowest BCUT2D eigenvalue weighted by Crippen LogP contribution is -2.13. The highest BCUT2D eigenvalue weighted by atomic mass is 16.5. The quantitative estimate of drug-likeness (QED) is 0.454. The first-order valence-electron chi connectivity index (χ1n) is 9.79. The normalized spacial score (nSPS) is 10.5. The van der Waals surface area contributed by atoms with Crippen molar-refractivity contribution < 1.29 is 18.8 Å². The van der Waals surface area contributed by atoms with Gasteiger partial charge in [0.1, 0.15) is 11.5 Å². The van der Waals surface area contributed by atoms with Crippen molar-refractivity contribution in [1.82, 2.24) is 10.1 Å². The number of hydrogen-bond acceptors (Lipinski definition) is 6. The van der Waals surface area contributed by atoms with Crippen LogP contribution in [-0.2, 0) is 0 Å².